The molecule has 0 unspecified atom stereocenters. The van der Waals surface area contributed by atoms with E-state index in [-0.39, 0.29) is 16.9 Å². The third kappa shape index (κ3) is 2.88. The van der Waals surface area contributed by atoms with Gasteiger partial charge in [-0.25, -0.2) is 4.79 Å². The van der Waals surface area contributed by atoms with E-state index in [0.717, 1.165) is 11.1 Å². The van der Waals surface area contributed by atoms with Gasteiger partial charge in [0.05, 0.1) is 13.7 Å². The number of nitrogens with zero attached hydrogens (tertiary/aromatic N) is 1. The summed E-state index contributed by atoms with van der Waals surface area (Å²) in [4.78, 5) is 22.8. The van der Waals surface area contributed by atoms with Crippen LogP contribution in [0.4, 0.5) is 0 Å². The molecule has 1 aromatic heterocycles. The van der Waals surface area contributed by atoms with Crippen LogP contribution < -0.4 is 10.3 Å². The van der Waals surface area contributed by atoms with Crippen LogP contribution in [0, 0.1) is 6.92 Å². The third-order valence-corrected chi connectivity index (χ3v) is 3.00. The molecule has 0 spiro atoms. The predicted molar refractivity (Wildman–Crippen MR) is 74.5 cm³/mol. The standard InChI is InChI=1S/C15H15NO4/c1-10-5-6-16(14(17)7-10)9-11-3-4-12(15(18)19)13(8-11)20-2/h3-8H,9H2,1-2H3,(H,18,19). The number of carboxylic acids is 1. The molecule has 0 aliphatic rings. The largest absolute Gasteiger partial charge is 0.496 e. The Balaban J connectivity index is 2.34. The second kappa shape index (κ2) is 5.61. The van der Waals surface area contributed by atoms with Gasteiger partial charge in [-0.15, -0.1) is 0 Å². The molecule has 0 saturated heterocycles. The first kappa shape index (κ1) is 13.9. The summed E-state index contributed by atoms with van der Waals surface area (Å²) in [5, 5.41) is 9.02. The number of hydrogen-bond acceptors (Lipinski definition) is 3. The van der Waals surface area contributed by atoms with Crippen LogP contribution in [-0.4, -0.2) is 22.8 Å². The van der Waals surface area contributed by atoms with Crippen molar-refractivity contribution in [1.29, 1.82) is 0 Å². The fraction of sp³-hybridized carbons (Fsp3) is 0.200. The number of rotatable bonds is 4. The molecule has 104 valence electrons. The lowest BCUT2D eigenvalue weighted by molar-refractivity contribution is 0.0693. The Labute approximate surface area is 116 Å². The van der Waals surface area contributed by atoms with Gasteiger partial charge in [0.25, 0.3) is 5.56 Å². The highest BCUT2D eigenvalue weighted by molar-refractivity contribution is 5.90. The summed E-state index contributed by atoms with van der Waals surface area (Å²) in [5.74, 6) is -0.754. The van der Waals surface area contributed by atoms with Crippen LogP contribution >= 0.6 is 0 Å². The summed E-state index contributed by atoms with van der Waals surface area (Å²) in [7, 11) is 1.42. The number of benzene rings is 1. The molecule has 1 aromatic carbocycles. The molecular formula is C15H15NO4. The number of aromatic nitrogens is 1. The van der Waals surface area contributed by atoms with Gasteiger partial charge in [0.2, 0.25) is 0 Å². The molecule has 5 nitrogen and oxygen atoms in total. The molecule has 5 heteroatoms. The molecule has 0 atom stereocenters. The quantitative estimate of drug-likeness (QED) is 0.924. The van der Waals surface area contributed by atoms with Crippen LogP contribution in [0.2, 0.25) is 0 Å². The van der Waals surface area contributed by atoms with Crippen molar-refractivity contribution in [3.05, 3.63) is 63.6 Å². The number of pyridine rings is 1. The zero-order valence-electron chi connectivity index (χ0n) is 11.3. The molecule has 2 aromatic rings. The number of aromatic carboxylic acids is 1. The van der Waals surface area contributed by atoms with Gasteiger partial charge in [-0.05, 0) is 36.2 Å². The Morgan fingerprint density at radius 1 is 1.30 bits per heavy atom. The number of hydrogen-bond donors (Lipinski definition) is 1. The maximum Gasteiger partial charge on any atom is 0.339 e. The van der Waals surface area contributed by atoms with E-state index >= 15 is 0 Å². The summed E-state index contributed by atoms with van der Waals surface area (Å²) in [5.41, 5.74) is 1.72. The second-order valence-corrected chi connectivity index (χ2v) is 4.51. The van der Waals surface area contributed by atoms with Crippen molar-refractivity contribution in [1.82, 2.24) is 4.57 Å². The van der Waals surface area contributed by atoms with Gasteiger partial charge >= 0.3 is 5.97 Å². The fourth-order valence-corrected chi connectivity index (χ4v) is 1.94. The summed E-state index contributed by atoms with van der Waals surface area (Å²) in [6.45, 7) is 2.23. The van der Waals surface area contributed by atoms with Gasteiger partial charge in [-0.2, -0.15) is 0 Å². The highest BCUT2D eigenvalue weighted by atomic mass is 16.5. The second-order valence-electron chi connectivity index (χ2n) is 4.51. The van der Waals surface area contributed by atoms with Gasteiger partial charge in [0.1, 0.15) is 11.3 Å². The minimum atomic E-state index is -1.04. The van der Waals surface area contributed by atoms with E-state index in [2.05, 4.69) is 0 Å². The van der Waals surface area contributed by atoms with Crippen molar-refractivity contribution >= 4 is 5.97 Å². The summed E-state index contributed by atoms with van der Waals surface area (Å²) < 4.78 is 6.62. The fourth-order valence-electron chi connectivity index (χ4n) is 1.94. The first-order valence-corrected chi connectivity index (χ1v) is 6.08. The highest BCUT2D eigenvalue weighted by Gasteiger charge is 2.11. The van der Waals surface area contributed by atoms with E-state index in [1.165, 1.54) is 13.2 Å². The molecule has 2 rings (SSSR count). The molecule has 0 fully saturated rings. The molecule has 1 N–H and O–H groups in total. The van der Waals surface area contributed by atoms with E-state index in [4.69, 9.17) is 9.84 Å². The Morgan fingerprint density at radius 3 is 2.65 bits per heavy atom. The van der Waals surface area contributed by atoms with Crippen molar-refractivity contribution in [2.45, 2.75) is 13.5 Å². The molecule has 0 aliphatic carbocycles. The zero-order chi connectivity index (χ0) is 14.7. The Morgan fingerprint density at radius 2 is 2.05 bits per heavy atom. The SMILES string of the molecule is COc1cc(Cn2ccc(C)cc2=O)ccc1C(=O)O. The monoisotopic (exact) mass is 273 g/mol. The zero-order valence-corrected chi connectivity index (χ0v) is 11.3. The summed E-state index contributed by atoms with van der Waals surface area (Å²) in [6.07, 6.45) is 1.72. The molecule has 0 bridgehead atoms. The predicted octanol–water partition coefficient (Wildman–Crippen LogP) is 1.91. The molecule has 0 aliphatic heterocycles. The third-order valence-electron chi connectivity index (χ3n) is 3.00. The molecule has 20 heavy (non-hydrogen) atoms. The Bertz CT molecular complexity index is 703. The first-order chi connectivity index (χ1) is 9.51. The van der Waals surface area contributed by atoms with E-state index in [0.29, 0.717) is 6.54 Å². The van der Waals surface area contributed by atoms with Gasteiger partial charge in [-0.3, -0.25) is 4.79 Å². The van der Waals surface area contributed by atoms with E-state index < -0.39 is 5.97 Å². The normalized spacial score (nSPS) is 10.3. The average Bonchev–Trinajstić information content (AvgIpc) is 2.41. The highest BCUT2D eigenvalue weighted by Crippen LogP contribution is 2.20. The minimum absolute atomic E-state index is 0.0914. The van der Waals surface area contributed by atoms with Crippen molar-refractivity contribution in [3.8, 4) is 5.75 Å². The molecule has 0 saturated carbocycles. The Kier molecular flexibility index (Phi) is 3.89. The molecular weight excluding hydrogens is 258 g/mol. The van der Waals surface area contributed by atoms with Crippen LogP contribution in [0.1, 0.15) is 21.5 Å². The lowest BCUT2D eigenvalue weighted by atomic mass is 10.1. The smallest absolute Gasteiger partial charge is 0.339 e. The van der Waals surface area contributed by atoms with Crippen molar-refractivity contribution in [2.75, 3.05) is 7.11 Å². The van der Waals surface area contributed by atoms with Gasteiger partial charge in [-0.1, -0.05) is 6.07 Å². The van der Waals surface area contributed by atoms with Gasteiger partial charge in [0, 0.05) is 12.3 Å². The van der Waals surface area contributed by atoms with Crippen LogP contribution in [0.25, 0.3) is 0 Å². The molecule has 0 amide bonds. The summed E-state index contributed by atoms with van der Waals surface area (Å²) >= 11 is 0. The maximum absolute atomic E-state index is 11.8. The average molecular weight is 273 g/mol. The molecule has 1 heterocycles. The van der Waals surface area contributed by atoms with Gasteiger partial charge in [0.15, 0.2) is 0 Å². The van der Waals surface area contributed by atoms with Crippen LogP contribution in [0.15, 0.2) is 41.3 Å². The first-order valence-electron chi connectivity index (χ1n) is 6.08. The van der Waals surface area contributed by atoms with E-state index in [1.807, 2.05) is 13.0 Å². The number of carboxylic acid groups (broad SMARTS) is 1. The lowest BCUT2D eigenvalue weighted by Gasteiger charge is -2.09. The topological polar surface area (TPSA) is 68.5 Å². The summed E-state index contributed by atoms with van der Waals surface area (Å²) in [6, 6.07) is 8.21. The van der Waals surface area contributed by atoms with Crippen LogP contribution in [0.3, 0.4) is 0 Å². The van der Waals surface area contributed by atoms with Crippen molar-refractivity contribution in [3.63, 3.8) is 0 Å². The number of methoxy groups -OCH3 is 1. The van der Waals surface area contributed by atoms with Crippen molar-refractivity contribution in [2.24, 2.45) is 0 Å². The van der Waals surface area contributed by atoms with Crippen LogP contribution in [-0.2, 0) is 6.54 Å². The number of ether oxygens (including phenoxy) is 1. The van der Waals surface area contributed by atoms with Crippen LogP contribution in [0.5, 0.6) is 5.75 Å². The minimum Gasteiger partial charge on any atom is -0.496 e. The number of carbonyl (C=O) groups is 1. The molecule has 0 radical (unpaired) electrons. The maximum atomic E-state index is 11.8. The number of aryl methyl sites for hydroxylation is 1. The Hall–Kier alpha value is -2.56. The van der Waals surface area contributed by atoms with E-state index in [1.54, 1.807) is 29.0 Å². The van der Waals surface area contributed by atoms with Gasteiger partial charge < -0.3 is 14.4 Å². The van der Waals surface area contributed by atoms with Crippen molar-refractivity contribution < 1.29 is 14.6 Å². The van der Waals surface area contributed by atoms with E-state index in [9.17, 15) is 9.59 Å². The lowest BCUT2D eigenvalue weighted by Crippen LogP contribution is -2.19.